The summed E-state index contributed by atoms with van der Waals surface area (Å²) in [4.78, 5) is 14.3. The van der Waals surface area contributed by atoms with Gasteiger partial charge in [-0.2, -0.15) is 0 Å². The minimum atomic E-state index is -0.0918. The van der Waals surface area contributed by atoms with Gasteiger partial charge in [0, 0.05) is 30.7 Å². The summed E-state index contributed by atoms with van der Waals surface area (Å²) in [6.07, 6.45) is 0.804. The molecule has 0 radical (unpaired) electrons. The molecule has 1 atom stereocenters. The number of rotatable bonds is 3. The SMILES string of the molecule is CCC1C(=O)NCCN1c1ccc(CN)c2ccccc12. The zero-order valence-corrected chi connectivity index (χ0v) is 12.3. The first-order valence-electron chi connectivity index (χ1n) is 7.51. The van der Waals surface area contributed by atoms with Gasteiger partial charge >= 0.3 is 0 Å². The van der Waals surface area contributed by atoms with Gasteiger partial charge in [-0.15, -0.1) is 0 Å². The molecule has 1 amide bonds. The predicted octanol–water partition coefficient (Wildman–Crippen LogP) is 2.01. The number of nitrogens with one attached hydrogen (secondary N) is 1. The van der Waals surface area contributed by atoms with Crippen LogP contribution in [0.15, 0.2) is 36.4 Å². The standard InChI is InChI=1S/C17H21N3O/c1-2-15-17(21)19-9-10-20(15)16-8-7-12(11-18)13-5-3-4-6-14(13)16/h3-8,15H,2,9-11,18H2,1H3,(H,19,21). The first-order chi connectivity index (χ1) is 10.3. The van der Waals surface area contributed by atoms with Crippen LogP contribution in [0, 0.1) is 0 Å². The van der Waals surface area contributed by atoms with Crippen molar-refractivity contribution in [2.24, 2.45) is 5.73 Å². The summed E-state index contributed by atoms with van der Waals surface area (Å²) in [5.41, 5.74) is 8.11. The molecule has 0 spiro atoms. The summed E-state index contributed by atoms with van der Waals surface area (Å²) in [6, 6.07) is 12.4. The molecular weight excluding hydrogens is 262 g/mol. The van der Waals surface area contributed by atoms with Crippen LogP contribution in [0.1, 0.15) is 18.9 Å². The Kier molecular flexibility index (Phi) is 3.80. The van der Waals surface area contributed by atoms with Gasteiger partial charge in [0.05, 0.1) is 0 Å². The molecule has 1 heterocycles. The fourth-order valence-corrected chi connectivity index (χ4v) is 3.18. The van der Waals surface area contributed by atoms with E-state index >= 15 is 0 Å². The van der Waals surface area contributed by atoms with Crippen molar-refractivity contribution in [2.45, 2.75) is 25.9 Å². The van der Waals surface area contributed by atoms with Gasteiger partial charge in [0.25, 0.3) is 0 Å². The van der Waals surface area contributed by atoms with Crippen LogP contribution < -0.4 is 16.0 Å². The van der Waals surface area contributed by atoms with Crippen molar-refractivity contribution < 1.29 is 4.79 Å². The molecule has 4 nitrogen and oxygen atoms in total. The van der Waals surface area contributed by atoms with Gasteiger partial charge in [0.15, 0.2) is 0 Å². The van der Waals surface area contributed by atoms with Gasteiger partial charge in [-0.25, -0.2) is 0 Å². The molecular formula is C17H21N3O. The van der Waals surface area contributed by atoms with Crippen molar-refractivity contribution in [2.75, 3.05) is 18.0 Å². The third kappa shape index (κ3) is 2.36. The lowest BCUT2D eigenvalue weighted by Crippen LogP contribution is -2.55. The Labute approximate surface area is 124 Å². The summed E-state index contributed by atoms with van der Waals surface area (Å²) in [5.74, 6) is 0.121. The van der Waals surface area contributed by atoms with Crippen LogP contribution in [-0.2, 0) is 11.3 Å². The van der Waals surface area contributed by atoms with E-state index < -0.39 is 0 Å². The zero-order valence-electron chi connectivity index (χ0n) is 12.3. The molecule has 0 aromatic heterocycles. The maximum atomic E-state index is 12.1. The third-order valence-electron chi connectivity index (χ3n) is 4.24. The Bertz CT molecular complexity index is 668. The molecule has 3 rings (SSSR count). The second-order valence-electron chi connectivity index (χ2n) is 5.40. The summed E-state index contributed by atoms with van der Waals surface area (Å²) >= 11 is 0. The van der Waals surface area contributed by atoms with E-state index in [2.05, 4.69) is 41.4 Å². The molecule has 1 saturated heterocycles. The van der Waals surface area contributed by atoms with Crippen molar-refractivity contribution >= 4 is 22.4 Å². The van der Waals surface area contributed by atoms with E-state index in [1.807, 2.05) is 12.1 Å². The first kappa shape index (κ1) is 13.9. The highest BCUT2D eigenvalue weighted by atomic mass is 16.2. The average molecular weight is 283 g/mol. The zero-order chi connectivity index (χ0) is 14.8. The molecule has 2 aromatic rings. The molecule has 1 fully saturated rings. The number of nitrogens with zero attached hydrogens (tertiary/aromatic N) is 1. The molecule has 1 aliphatic rings. The topological polar surface area (TPSA) is 58.4 Å². The summed E-state index contributed by atoms with van der Waals surface area (Å²) in [6.45, 7) is 4.12. The molecule has 0 bridgehead atoms. The molecule has 1 unspecified atom stereocenters. The van der Waals surface area contributed by atoms with Gasteiger partial charge in [-0.3, -0.25) is 4.79 Å². The van der Waals surface area contributed by atoms with E-state index in [1.54, 1.807) is 0 Å². The number of carbonyl (C=O) groups excluding carboxylic acids is 1. The number of nitrogens with two attached hydrogens (primary N) is 1. The number of hydrogen-bond donors (Lipinski definition) is 2. The van der Waals surface area contributed by atoms with Crippen LogP contribution in [0.4, 0.5) is 5.69 Å². The van der Waals surface area contributed by atoms with Crippen LogP contribution >= 0.6 is 0 Å². The number of fused-ring (bicyclic) bond motifs is 1. The first-order valence-corrected chi connectivity index (χ1v) is 7.51. The van der Waals surface area contributed by atoms with Crippen molar-refractivity contribution in [1.82, 2.24) is 5.32 Å². The number of piperazine rings is 1. The van der Waals surface area contributed by atoms with Gasteiger partial charge in [0.1, 0.15) is 6.04 Å². The number of benzene rings is 2. The Morgan fingerprint density at radius 1 is 1.24 bits per heavy atom. The maximum absolute atomic E-state index is 12.1. The lowest BCUT2D eigenvalue weighted by molar-refractivity contribution is -0.123. The van der Waals surface area contributed by atoms with Gasteiger partial charge in [0.2, 0.25) is 5.91 Å². The smallest absolute Gasteiger partial charge is 0.242 e. The molecule has 3 N–H and O–H groups in total. The molecule has 0 aliphatic carbocycles. The lowest BCUT2D eigenvalue weighted by atomic mass is 10.00. The lowest BCUT2D eigenvalue weighted by Gasteiger charge is -2.37. The second-order valence-corrected chi connectivity index (χ2v) is 5.40. The second kappa shape index (κ2) is 5.74. The highest BCUT2D eigenvalue weighted by Crippen LogP contribution is 2.31. The fourth-order valence-electron chi connectivity index (χ4n) is 3.18. The van der Waals surface area contributed by atoms with Crippen molar-refractivity contribution in [3.8, 4) is 0 Å². The average Bonchev–Trinajstić information content (AvgIpc) is 2.53. The predicted molar refractivity (Wildman–Crippen MR) is 86.3 cm³/mol. The fraction of sp³-hybridized carbons (Fsp3) is 0.353. The minimum Gasteiger partial charge on any atom is -0.357 e. The Hall–Kier alpha value is -2.07. The Morgan fingerprint density at radius 2 is 2.00 bits per heavy atom. The maximum Gasteiger partial charge on any atom is 0.242 e. The van der Waals surface area contributed by atoms with Crippen LogP contribution in [-0.4, -0.2) is 25.0 Å². The number of hydrogen-bond acceptors (Lipinski definition) is 3. The van der Waals surface area contributed by atoms with Crippen LogP contribution in [0.3, 0.4) is 0 Å². The normalized spacial score (nSPS) is 18.9. The Morgan fingerprint density at radius 3 is 2.71 bits per heavy atom. The van der Waals surface area contributed by atoms with Crippen molar-refractivity contribution in [3.05, 3.63) is 42.0 Å². The quantitative estimate of drug-likeness (QED) is 0.906. The molecule has 4 heteroatoms. The largest absolute Gasteiger partial charge is 0.357 e. The molecule has 110 valence electrons. The highest BCUT2D eigenvalue weighted by molar-refractivity contribution is 5.98. The van der Waals surface area contributed by atoms with E-state index in [9.17, 15) is 4.79 Å². The van der Waals surface area contributed by atoms with Gasteiger partial charge < -0.3 is 16.0 Å². The summed E-state index contributed by atoms with van der Waals surface area (Å²) < 4.78 is 0. The number of anilines is 1. The number of amides is 1. The van der Waals surface area contributed by atoms with Crippen molar-refractivity contribution in [1.29, 1.82) is 0 Å². The highest BCUT2D eigenvalue weighted by Gasteiger charge is 2.29. The van der Waals surface area contributed by atoms with Crippen LogP contribution in [0.5, 0.6) is 0 Å². The van der Waals surface area contributed by atoms with Crippen LogP contribution in [0.25, 0.3) is 10.8 Å². The molecule has 21 heavy (non-hydrogen) atoms. The third-order valence-corrected chi connectivity index (χ3v) is 4.24. The van der Waals surface area contributed by atoms with E-state index in [0.29, 0.717) is 13.1 Å². The van der Waals surface area contributed by atoms with E-state index in [1.165, 1.54) is 10.8 Å². The van der Waals surface area contributed by atoms with Crippen LogP contribution in [0.2, 0.25) is 0 Å². The molecule has 1 aliphatic heterocycles. The molecule has 2 aromatic carbocycles. The van der Waals surface area contributed by atoms with E-state index in [-0.39, 0.29) is 11.9 Å². The van der Waals surface area contributed by atoms with Gasteiger partial charge in [-0.1, -0.05) is 37.3 Å². The Balaban J connectivity index is 2.14. The summed E-state index contributed by atoms with van der Waals surface area (Å²) in [7, 11) is 0. The monoisotopic (exact) mass is 283 g/mol. The molecule has 0 saturated carbocycles. The minimum absolute atomic E-state index is 0.0918. The van der Waals surface area contributed by atoms with Gasteiger partial charge in [-0.05, 0) is 23.4 Å². The summed E-state index contributed by atoms with van der Waals surface area (Å²) in [5, 5.41) is 5.31. The van der Waals surface area contributed by atoms with Crippen molar-refractivity contribution in [3.63, 3.8) is 0 Å². The van der Waals surface area contributed by atoms with E-state index in [0.717, 1.165) is 24.2 Å². The van der Waals surface area contributed by atoms with E-state index in [4.69, 9.17) is 5.73 Å². The number of carbonyl (C=O) groups is 1.